The number of hydrogen-bond donors (Lipinski definition) is 2. The summed E-state index contributed by atoms with van der Waals surface area (Å²) in [5.41, 5.74) is 2.45. The molecule has 0 bridgehead atoms. The molecule has 0 amide bonds. The second kappa shape index (κ2) is 18.2. The van der Waals surface area contributed by atoms with Gasteiger partial charge in [0.15, 0.2) is 0 Å². The van der Waals surface area contributed by atoms with Gasteiger partial charge in [0.25, 0.3) is 0 Å². The maximum absolute atomic E-state index is 5.62. The molecule has 184 valence electrons. The first-order valence-corrected chi connectivity index (χ1v) is 11.9. The molecule has 8 heteroatoms. The van der Waals surface area contributed by atoms with Gasteiger partial charge in [-0.15, -0.1) is 0 Å². The van der Waals surface area contributed by atoms with Gasteiger partial charge in [0, 0.05) is 31.9 Å². The number of methoxy groups -OCH3 is 1. The number of anilines is 1. The fourth-order valence-electron chi connectivity index (χ4n) is 3.59. The van der Waals surface area contributed by atoms with Crippen LogP contribution in [0.5, 0.6) is 0 Å². The van der Waals surface area contributed by atoms with Crippen LogP contribution in [0.2, 0.25) is 0 Å². The van der Waals surface area contributed by atoms with Crippen LogP contribution < -0.4 is 10.6 Å². The third-order valence-corrected chi connectivity index (χ3v) is 5.42. The predicted octanol–water partition coefficient (Wildman–Crippen LogP) is 2.17. The Morgan fingerprint density at radius 2 is 1.31 bits per heavy atom. The fourth-order valence-corrected chi connectivity index (χ4v) is 3.59. The normalized spacial score (nSPS) is 15.3. The molecule has 8 nitrogen and oxygen atoms in total. The van der Waals surface area contributed by atoms with Gasteiger partial charge in [-0.25, -0.2) is 0 Å². The highest BCUT2D eigenvalue weighted by Gasteiger charge is 2.17. The van der Waals surface area contributed by atoms with E-state index in [0.717, 1.165) is 18.8 Å². The van der Waals surface area contributed by atoms with E-state index in [1.807, 2.05) is 7.05 Å². The quantitative estimate of drug-likeness (QED) is 0.291. The Morgan fingerprint density at radius 1 is 0.781 bits per heavy atom. The summed E-state index contributed by atoms with van der Waals surface area (Å²) in [7, 11) is 3.70. The molecule has 0 aliphatic carbocycles. The second-order valence-electron chi connectivity index (χ2n) is 7.84. The molecule has 1 atom stereocenters. The van der Waals surface area contributed by atoms with Gasteiger partial charge in [0.05, 0.1) is 59.5 Å². The van der Waals surface area contributed by atoms with Crippen LogP contribution in [0.1, 0.15) is 24.4 Å². The molecular formula is C24H43N3O5. The van der Waals surface area contributed by atoms with Crippen molar-refractivity contribution in [2.75, 3.05) is 105 Å². The van der Waals surface area contributed by atoms with Crippen LogP contribution in [0.3, 0.4) is 0 Å². The van der Waals surface area contributed by atoms with E-state index in [2.05, 4.69) is 39.8 Å². The Morgan fingerprint density at radius 3 is 1.84 bits per heavy atom. The van der Waals surface area contributed by atoms with Gasteiger partial charge < -0.3 is 39.2 Å². The maximum Gasteiger partial charge on any atom is 0.0701 e. The molecule has 2 rings (SSSR count). The number of nitrogens with zero attached hydrogens (tertiary/aromatic N) is 1. The van der Waals surface area contributed by atoms with Crippen molar-refractivity contribution in [2.45, 2.75) is 18.9 Å². The number of ether oxygens (including phenoxy) is 5. The van der Waals surface area contributed by atoms with Gasteiger partial charge in [-0.1, -0.05) is 12.1 Å². The lowest BCUT2D eigenvalue weighted by Gasteiger charge is -2.23. The molecule has 0 spiro atoms. The highest BCUT2D eigenvalue weighted by molar-refractivity contribution is 5.45. The Hall–Kier alpha value is -1.26. The molecule has 1 aliphatic heterocycles. The lowest BCUT2D eigenvalue weighted by atomic mass is 10.1. The second-order valence-corrected chi connectivity index (χ2v) is 7.84. The maximum atomic E-state index is 5.62. The van der Waals surface area contributed by atoms with Crippen molar-refractivity contribution >= 4 is 5.69 Å². The molecule has 1 aromatic rings. The van der Waals surface area contributed by atoms with Gasteiger partial charge in [0.2, 0.25) is 0 Å². The molecule has 1 saturated heterocycles. The smallest absolute Gasteiger partial charge is 0.0701 e. The zero-order valence-electron chi connectivity index (χ0n) is 20.0. The van der Waals surface area contributed by atoms with Gasteiger partial charge >= 0.3 is 0 Å². The van der Waals surface area contributed by atoms with Crippen molar-refractivity contribution < 1.29 is 23.7 Å². The number of likely N-dealkylation sites (tertiary alicyclic amines) is 1. The van der Waals surface area contributed by atoms with Crippen LogP contribution in [-0.4, -0.2) is 105 Å². The summed E-state index contributed by atoms with van der Waals surface area (Å²) < 4.78 is 26.7. The monoisotopic (exact) mass is 453 g/mol. The zero-order chi connectivity index (χ0) is 22.7. The number of benzene rings is 1. The number of nitrogens with one attached hydrogen (secondary N) is 2. The summed E-state index contributed by atoms with van der Waals surface area (Å²) in [6.07, 6.45) is 2.65. The first-order valence-electron chi connectivity index (χ1n) is 11.9. The van der Waals surface area contributed by atoms with Crippen LogP contribution in [0.15, 0.2) is 24.3 Å². The molecule has 1 aromatic carbocycles. The Balaban J connectivity index is 1.42. The summed E-state index contributed by atoms with van der Waals surface area (Å²) in [4.78, 5) is 2.54. The van der Waals surface area contributed by atoms with Crippen molar-refractivity contribution in [3.8, 4) is 0 Å². The standard InChI is InChI=1S/C24H43N3O5/c1-25-24(21-27-10-3-4-11-27)22-5-7-23(8-6-22)26-9-12-29-15-16-31-19-20-32-18-17-30-14-13-28-2/h5-8,24-26H,3-4,9-21H2,1-2H3. The van der Waals surface area contributed by atoms with E-state index in [9.17, 15) is 0 Å². The molecule has 1 unspecified atom stereocenters. The van der Waals surface area contributed by atoms with E-state index >= 15 is 0 Å². The van der Waals surface area contributed by atoms with E-state index in [0.29, 0.717) is 65.5 Å². The summed E-state index contributed by atoms with van der Waals surface area (Å²) >= 11 is 0. The van der Waals surface area contributed by atoms with Gasteiger partial charge in [0.1, 0.15) is 0 Å². The molecule has 1 fully saturated rings. The molecule has 2 N–H and O–H groups in total. The minimum atomic E-state index is 0.380. The SMILES string of the molecule is CNC(CN1CCCC1)c1ccc(NCCOCCOCCOCCOCCOC)cc1. The molecule has 0 aromatic heterocycles. The van der Waals surface area contributed by atoms with Gasteiger partial charge in [-0.05, 0) is 50.7 Å². The van der Waals surface area contributed by atoms with Crippen molar-refractivity contribution in [1.29, 1.82) is 0 Å². The Kier molecular flexibility index (Phi) is 15.3. The lowest BCUT2D eigenvalue weighted by molar-refractivity contribution is -0.00700. The highest BCUT2D eigenvalue weighted by atomic mass is 16.6. The Labute approximate surface area is 193 Å². The van der Waals surface area contributed by atoms with Crippen molar-refractivity contribution in [3.63, 3.8) is 0 Å². The molecular weight excluding hydrogens is 410 g/mol. The van der Waals surface area contributed by atoms with Gasteiger partial charge in [-0.3, -0.25) is 0 Å². The number of hydrogen-bond acceptors (Lipinski definition) is 8. The third-order valence-electron chi connectivity index (χ3n) is 5.42. The van der Waals surface area contributed by atoms with E-state index in [1.165, 1.54) is 31.5 Å². The number of likely N-dealkylation sites (N-methyl/N-ethyl adjacent to an activating group) is 1. The van der Waals surface area contributed by atoms with E-state index < -0.39 is 0 Å². The zero-order valence-corrected chi connectivity index (χ0v) is 20.0. The first-order chi connectivity index (χ1) is 15.8. The summed E-state index contributed by atoms with van der Waals surface area (Å²) in [6, 6.07) is 9.10. The Bertz CT molecular complexity index is 555. The van der Waals surface area contributed by atoms with Crippen molar-refractivity contribution in [1.82, 2.24) is 10.2 Å². The molecule has 32 heavy (non-hydrogen) atoms. The number of rotatable bonds is 20. The van der Waals surface area contributed by atoms with Crippen LogP contribution in [0.25, 0.3) is 0 Å². The average molecular weight is 454 g/mol. The van der Waals surface area contributed by atoms with Gasteiger partial charge in [-0.2, -0.15) is 0 Å². The highest BCUT2D eigenvalue weighted by Crippen LogP contribution is 2.19. The summed E-state index contributed by atoms with van der Waals surface area (Å²) in [5.74, 6) is 0. The average Bonchev–Trinajstić information content (AvgIpc) is 3.34. The molecule has 0 radical (unpaired) electrons. The van der Waals surface area contributed by atoms with E-state index in [4.69, 9.17) is 23.7 Å². The van der Waals surface area contributed by atoms with Crippen LogP contribution in [0.4, 0.5) is 5.69 Å². The van der Waals surface area contributed by atoms with Crippen molar-refractivity contribution in [3.05, 3.63) is 29.8 Å². The minimum Gasteiger partial charge on any atom is -0.383 e. The summed E-state index contributed by atoms with van der Waals surface area (Å²) in [5, 5.41) is 6.86. The topological polar surface area (TPSA) is 73.5 Å². The lowest BCUT2D eigenvalue weighted by Crippen LogP contribution is -2.31. The molecule has 0 saturated carbocycles. The first kappa shape index (κ1) is 27.0. The van der Waals surface area contributed by atoms with E-state index in [-0.39, 0.29) is 0 Å². The largest absolute Gasteiger partial charge is 0.383 e. The van der Waals surface area contributed by atoms with Crippen molar-refractivity contribution in [2.24, 2.45) is 0 Å². The van der Waals surface area contributed by atoms with Crippen LogP contribution >= 0.6 is 0 Å². The minimum absolute atomic E-state index is 0.380. The third kappa shape index (κ3) is 12.1. The molecule has 1 heterocycles. The fraction of sp³-hybridized carbons (Fsp3) is 0.750. The van der Waals surface area contributed by atoms with E-state index in [1.54, 1.807) is 7.11 Å². The predicted molar refractivity (Wildman–Crippen MR) is 128 cm³/mol. The molecule has 1 aliphatic rings. The van der Waals surface area contributed by atoms with Crippen LogP contribution in [0, 0.1) is 0 Å². The van der Waals surface area contributed by atoms with Crippen LogP contribution in [-0.2, 0) is 23.7 Å². The summed E-state index contributed by atoms with van der Waals surface area (Å²) in [6.45, 7) is 9.61.